The van der Waals surface area contributed by atoms with Crippen molar-refractivity contribution in [3.63, 3.8) is 0 Å². The molecule has 2 aromatic carbocycles. The number of ether oxygens (including phenoxy) is 2. The highest BCUT2D eigenvalue weighted by atomic mass is 16.5. The number of rotatable bonds is 6. The summed E-state index contributed by atoms with van der Waals surface area (Å²) in [4.78, 5) is 24.9. The molecule has 0 spiro atoms. The Morgan fingerprint density at radius 2 is 1.41 bits per heavy atom. The van der Waals surface area contributed by atoms with Crippen LogP contribution in [0, 0.1) is 0 Å². The molecular weight excluding hydrogens is 368 g/mol. The molecule has 0 unspecified atom stereocenters. The zero-order valence-electron chi connectivity index (χ0n) is 16.0. The summed E-state index contributed by atoms with van der Waals surface area (Å²) in [5.41, 5.74) is 0. The Hall–Kier alpha value is -3.61. The Bertz CT molecular complexity index is 912. The van der Waals surface area contributed by atoms with E-state index < -0.39 is 0 Å². The number of hydrogen-bond donors (Lipinski definition) is 0. The molecule has 4 rings (SSSR count). The Morgan fingerprint density at radius 1 is 0.793 bits per heavy atom. The van der Waals surface area contributed by atoms with E-state index >= 15 is 0 Å². The van der Waals surface area contributed by atoms with Gasteiger partial charge in [-0.2, -0.15) is 0 Å². The zero-order valence-corrected chi connectivity index (χ0v) is 16.0. The monoisotopic (exact) mass is 390 g/mol. The van der Waals surface area contributed by atoms with Gasteiger partial charge >= 0.3 is 0 Å². The highest BCUT2D eigenvalue weighted by molar-refractivity contribution is 5.78. The van der Waals surface area contributed by atoms with Crippen molar-refractivity contribution in [2.45, 2.75) is 0 Å². The Morgan fingerprint density at radius 3 is 2.10 bits per heavy atom. The fourth-order valence-corrected chi connectivity index (χ4v) is 3.08. The van der Waals surface area contributed by atoms with E-state index in [1.54, 1.807) is 30.6 Å². The lowest BCUT2D eigenvalue weighted by molar-refractivity contribution is -0.133. The van der Waals surface area contributed by atoms with Crippen LogP contribution in [0.15, 0.2) is 73.1 Å². The minimum atomic E-state index is -0.0248. The maximum absolute atomic E-state index is 12.4. The smallest absolute Gasteiger partial charge is 0.260 e. The number of anilines is 1. The van der Waals surface area contributed by atoms with Crippen molar-refractivity contribution < 1.29 is 14.3 Å². The van der Waals surface area contributed by atoms with Crippen molar-refractivity contribution in [1.29, 1.82) is 0 Å². The Balaban J connectivity index is 1.23. The molecule has 0 bridgehead atoms. The fraction of sp³-hybridized carbons (Fsp3) is 0.227. The minimum Gasteiger partial charge on any atom is -0.484 e. The van der Waals surface area contributed by atoms with Crippen LogP contribution in [0.1, 0.15) is 0 Å². The van der Waals surface area contributed by atoms with Crippen molar-refractivity contribution in [2.75, 3.05) is 37.7 Å². The molecule has 0 saturated carbocycles. The first-order valence-electron chi connectivity index (χ1n) is 9.53. The van der Waals surface area contributed by atoms with E-state index in [0.717, 1.165) is 5.75 Å². The molecule has 0 radical (unpaired) electrons. The van der Waals surface area contributed by atoms with Gasteiger partial charge < -0.3 is 19.3 Å². The summed E-state index contributed by atoms with van der Waals surface area (Å²) in [5, 5.41) is 0. The number of aromatic nitrogens is 2. The van der Waals surface area contributed by atoms with Gasteiger partial charge in [0.2, 0.25) is 5.95 Å². The topological polar surface area (TPSA) is 67.8 Å². The first-order valence-corrected chi connectivity index (χ1v) is 9.53. The molecule has 7 heteroatoms. The largest absolute Gasteiger partial charge is 0.484 e. The third-order valence-electron chi connectivity index (χ3n) is 4.63. The maximum Gasteiger partial charge on any atom is 0.260 e. The second-order valence-corrected chi connectivity index (χ2v) is 6.59. The summed E-state index contributed by atoms with van der Waals surface area (Å²) in [5.74, 6) is 2.80. The van der Waals surface area contributed by atoms with Gasteiger partial charge in [0.1, 0.15) is 17.2 Å². The van der Waals surface area contributed by atoms with Crippen LogP contribution in [0.25, 0.3) is 0 Å². The fourth-order valence-electron chi connectivity index (χ4n) is 3.08. The van der Waals surface area contributed by atoms with Crippen LogP contribution in [0.4, 0.5) is 5.95 Å². The summed E-state index contributed by atoms with van der Waals surface area (Å²) in [6.45, 7) is 2.69. The van der Waals surface area contributed by atoms with Gasteiger partial charge in [-0.3, -0.25) is 4.79 Å². The maximum atomic E-state index is 12.4. The van der Waals surface area contributed by atoms with E-state index in [-0.39, 0.29) is 12.5 Å². The first kappa shape index (κ1) is 18.7. The molecule has 1 aliphatic rings. The van der Waals surface area contributed by atoms with Gasteiger partial charge in [0, 0.05) is 38.6 Å². The second-order valence-electron chi connectivity index (χ2n) is 6.59. The molecule has 0 N–H and O–H groups in total. The minimum absolute atomic E-state index is 0.0146. The van der Waals surface area contributed by atoms with Crippen LogP contribution in [0.5, 0.6) is 17.2 Å². The number of piperazine rings is 1. The normalized spacial score (nSPS) is 13.8. The zero-order chi connectivity index (χ0) is 19.9. The molecule has 1 aromatic heterocycles. The first-order chi connectivity index (χ1) is 14.3. The lowest BCUT2D eigenvalue weighted by Crippen LogP contribution is -2.50. The van der Waals surface area contributed by atoms with Gasteiger partial charge in [-0.15, -0.1) is 0 Å². The van der Waals surface area contributed by atoms with Crippen LogP contribution in [-0.4, -0.2) is 53.6 Å². The van der Waals surface area contributed by atoms with Gasteiger partial charge in [-0.1, -0.05) is 18.2 Å². The Labute approximate surface area is 169 Å². The molecular formula is C22H22N4O3. The van der Waals surface area contributed by atoms with E-state index in [0.29, 0.717) is 43.6 Å². The van der Waals surface area contributed by atoms with Gasteiger partial charge in [-0.25, -0.2) is 9.97 Å². The van der Waals surface area contributed by atoms with E-state index in [9.17, 15) is 4.79 Å². The molecule has 2 heterocycles. The molecule has 7 nitrogen and oxygen atoms in total. The number of hydrogen-bond acceptors (Lipinski definition) is 6. The van der Waals surface area contributed by atoms with Crippen LogP contribution in [-0.2, 0) is 4.79 Å². The second kappa shape index (κ2) is 9.05. The number of benzene rings is 2. The number of carbonyl (C=O) groups excluding carboxylic acids is 1. The average molecular weight is 390 g/mol. The lowest BCUT2D eigenvalue weighted by Gasteiger charge is -2.34. The third kappa shape index (κ3) is 5.01. The summed E-state index contributed by atoms with van der Waals surface area (Å²) >= 11 is 0. The van der Waals surface area contributed by atoms with Crippen LogP contribution < -0.4 is 14.4 Å². The van der Waals surface area contributed by atoms with E-state index in [1.807, 2.05) is 47.4 Å². The summed E-state index contributed by atoms with van der Waals surface area (Å²) in [7, 11) is 0. The van der Waals surface area contributed by atoms with E-state index in [1.165, 1.54) is 0 Å². The molecule has 1 aliphatic heterocycles. The molecule has 3 aromatic rings. The summed E-state index contributed by atoms with van der Waals surface area (Å²) < 4.78 is 11.4. The average Bonchev–Trinajstić information content (AvgIpc) is 2.80. The highest BCUT2D eigenvalue weighted by Gasteiger charge is 2.22. The number of nitrogens with zero attached hydrogens (tertiary/aromatic N) is 4. The van der Waals surface area contributed by atoms with E-state index in [2.05, 4.69) is 14.9 Å². The third-order valence-corrected chi connectivity index (χ3v) is 4.63. The van der Waals surface area contributed by atoms with Crippen LogP contribution in [0.2, 0.25) is 0 Å². The van der Waals surface area contributed by atoms with Crippen LogP contribution >= 0.6 is 0 Å². The summed E-state index contributed by atoms with van der Waals surface area (Å²) in [6.07, 6.45) is 3.45. The van der Waals surface area contributed by atoms with Crippen molar-refractivity contribution in [3.8, 4) is 17.2 Å². The number of para-hydroxylation sites is 1. The van der Waals surface area contributed by atoms with Crippen molar-refractivity contribution in [1.82, 2.24) is 14.9 Å². The van der Waals surface area contributed by atoms with Crippen LogP contribution in [0.3, 0.4) is 0 Å². The predicted octanol–water partition coefficient (Wildman–Crippen LogP) is 3.00. The molecule has 1 fully saturated rings. The molecule has 0 aliphatic carbocycles. The molecule has 0 atom stereocenters. The molecule has 29 heavy (non-hydrogen) atoms. The molecule has 148 valence electrons. The van der Waals surface area contributed by atoms with Crippen molar-refractivity contribution >= 4 is 11.9 Å². The predicted molar refractivity (Wildman–Crippen MR) is 109 cm³/mol. The van der Waals surface area contributed by atoms with Gasteiger partial charge in [0.05, 0.1) is 0 Å². The van der Waals surface area contributed by atoms with Crippen molar-refractivity contribution in [3.05, 3.63) is 73.1 Å². The SMILES string of the molecule is O=C(COc1ccc(Oc2ccccc2)cc1)N1CCN(c2ncccn2)CC1. The quantitative estimate of drug-likeness (QED) is 0.645. The van der Waals surface area contributed by atoms with E-state index in [4.69, 9.17) is 9.47 Å². The standard InChI is InChI=1S/C22H22N4O3/c27-21(25-13-15-26(16-14-25)22-23-11-4-12-24-22)17-28-18-7-9-20(10-8-18)29-19-5-2-1-3-6-19/h1-12H,13-17H2. The van der Waals surface area contributed by atoms with Gasteiger partial charge in [0.25, 0.3) is 5.91 Å². The Kier molecular flexibility index (Phi) is 5.85. The van der Waals surface area contributed by atoms with Gasteiger partial charge in [-0.05, 0) is 42.5 Å². The highest BCUT2D eigenvalue weighted by Crippen LogP contribution is 2.23. The lowest BCUT2D eigenvalue weighted by atomic mass is 10.3. The van der Waals surface area contributed by atoms with Gasteiger partial charge in [0.15, 0.2) is 6.61 Å². The molecule has 1 amide bonds. The number of carbonyl (C=O) groups is 1. The molecule has 1 saturated heterocycles. The number of amides is 1. The summed E-state index contributed by atoms with van der Waals surface area (Å²) in [6, 6.07) is 18.6. The van der Waals surface area contributed by atoms with Crippen molar-refractivity contribution in [2.24, 2.45) is 0 Å².